The maximum atomic E-state index is 10.7. The van der Waals surface area contributed by atoms with E-state index in [1.54, 1.807) is 0 Å². The summed E-state index contributed by atoms with van der Waals surface area (Å²) in [5.74, 6) is -0.480. The van der Waals surface area contributed by atoms with Gasteiger partial charge in [-0.3, -0.25) is 9.59 Å². The lowest BCUT2D eigenvalue weighted by molar-refractivity contribution is -0.368. The van der Waals surface area contributed by atoms with Crippen LogP contribution in [0.25, 0.3) is 0 Å². The van der Waals surface area contributed by atoms with Crippen molar-refractivity contribution in [3.8, 4) is 0 Å². The van der Waals surface area contributed by atoms with Gasteiger partial charge in [0.1, 0.15) is 6.04 Å². The highest BCUT2D eigenvalue weighted by Gasteiger charge is 2.12. The summed E-state index contributed by atoms with van der Waals surface area (Å²) in [7, 11) is 0. The van der Waals surface area contributed by atoms with E-state index in [4.69, 9.17) is 5.73 Å². The summed E-state index contributed by atoms with van der Waals surface area (Å²) in [5, 5.41) is 2.37. The summed E-state index contributed by atoms with van der Waals surface area (Å²) in [5.41, 5.74) is 8.70. The number of hydrogen-bond donors (Lipinski definition) is 3. The SMILES string of the molecule is NC(=O)C(CCCC[NH3+])NC=O. The smallest absolute Gasteiger partial charge is 0.239 e. The molecule has 0 aromatic rings. The lowest BCUT2D eigenvalue weighted by Crippen LogP contribution is -2.50. The van der Waals surface area contributed by atoms with E-state index in [0.717, 1.165) is 19.4 Å². The monoisotopic (exact) mass is 174 g/mol. The molecule has 0 aliphatic carbocycles. The molecule has 1 atom stereocenters. The standard InChI is InChI=1S/C7H15N3O2/c8-4-2-1-3-6(7(9)12)10-5-11/h5-6H,1-4,8H2,(H2,9,12)(H,10,11)/p+1. The molecule has 0 saturated carbocycles. The number of carbonyl (C=O) groups is 2. The van der Waals surface area contributed by atoms with Gasteiger partial charge in [-0.05, 0) is 19.3 Å². The number of nitrogens with one attached hydrogen (secondary N) is 1. The van der Waals surface area contributed by atoms with Gasteiger partial charge in [0.05, 0.1) is 6.54 Å². The third-order valence-corrected chi connectivity index (χ3v) is 1.61. The Hall–Kier alpha value is -1.10. The first-order valence-electron chi connectivity index (χ1n) is 4.00. The molecule has 0 aromatic heterocycles. The second-order valence-electron chi connectivity index (χ2n) is 2.59. The van der Waals surface area contributed by atoms with Crippen molar-refractivity contribution in [3.63, 3.8) is 0 Å². The molecular formula is C7H16N3O2+. The predicted molar refractivity (Wildman–Crippen MR) is 43.8 cm³/mol. The minimum atomic E-state index is -0.519. The molecule has 0 fully saturated rings. The Balaban J connectivity index is 3.63. The van der Waals surface area contributed by atoms with E-state index in [1.165, 1.54) is 0 Å². The van der Waals surface area contributed by atoms with Crippen LogP contribution in [0.5, 0.6) is 0 Å². The normalized spacial score (nSPS) is 12.1. The molecule has 0 aromatic carbocycles. The van der Waals surface area contributed by atoms with E-state index in [2.05, 4.69) is 11.1 Å². The van der Waals surface area contributed by atoms with Crippen molar-refractivity contribution in [1.82, 2.24) is 5.32 Å². The van der Waals surface area contributed by atoms with Crippen LogP contribution >= 0.6 is 0 Å². The molecule has 0 heterocycles. The Morgan fingerprint density at radius 1 is 1.58 bits per heavy atom. The Bertz CT molecular complexity index is 150. The van der Waals surface area contributed by atoms with Gasteiger partial charge < -0.3 is 16.8 Å². The van der Waals surface area contributed by atoms with Gasteiger partial charge in [-0.1, -0.05) is 0 Å². The highest BCUT2D eigenvalue weighted by Crippen LogP contribution is 1.98. The molecule has 6 N–H and O–H groups in total. The summed E-state index contributed by atoms with van der Waals surface area (Å²) >= 11 is 0. The zero-order valence-electron chi connectivity index (χ0n) is 7.08. The minimum Gasteiger partial charge on any atom is -0.368 e. The van der Waals surface area contributed by atoms with Gasteiger partial charge in [0.15, 0.2) is 0 Å². The van der Waals surface area contributed by atoms with Gasteiger partial charge in [0.2, 0.25) is 12.3 Å². The largest absolute Gasteiger partial charge is 0.368 e. The molecule has 2 amide bonds. The fourth-order valence-corrected chi connectivity index (χ4v) is 0.915. The van der Waals surface area contributed by atoms with E-state index in [0.29, 0.717) is 12.8 Å². The van der Waals surface area contributed by atoms with Crippen LogP contribution < -0.4 is 16.8 Å². The Morgan fingerprint density at radius 3 is 2.67 bits per heavy atom. The van der Waals surface area contributed by atoms with Crippen molar-refractivity contribution in [2.24, 2.45) is 5.73 Å². The molecule has 70 valence electrons. The van der Waals surface area contributed by atoms with E-state index in [1.807, 2.05) is 0 Å². The van der Waals surface area contributed by atoms with Crippen LogP contribution in [0.2, 0.25) is 0 Å². The fourth-order valence-electron chi connectivity index (χ4n) is 0.915. The van der Waals surface area contributed by atoms with Crippen LogP contribution in [-0.2, 0) is 9.59 Å². The van der Waals surface area contributed by atoms with Crippen molar-refractivity contribution < 1.29 is 15.3 Å². The average Bonchev–Trinajstić information content (AvgIpc) is 2.03. The number of hydrogen-bond acceptors (Lipinski definition) is 2. The third kappa shape index (κ3) is 4.68. The third-order valence-electron chi connectivity index (χ3n) is 1.61. The number of rotatable bonds is 7. The van der Waals surface area contributed by atoms with Gasteiger partial charge in [0.25, 0.3) is 0 Å². The first kappa shape index (κ1) is 10.9. The molecule has 0 spiro atoms. The van der Waals surface area contributed by atoms with Crippen LogP contribution in [-0.4, -0.2) is 24.9 Å². The maximum absolute atomic E-state index is 10.7. The number of nitrogens with two attached hydrogens (primary N) is 1. The molecule has 0 radical (unpaired) electrons. The molecular weight excluding hydrogens is 158 g/mol. The minimum absolute atomic E-state index is 0.480. The fraction of sp³-hybridized carbons (Fsp3) is 0.714. The molecule has 5 nitrogen and oxygen atoms in total. The van der Waals surface area contributed by atoms with Gasteiger partial charge in [0, 0.05) is 0 Å². The van der Waals surface area contributed by atoms with E-state index in [-0.39, 0.29) is 0 Å². The quantitative estimate of drug-likeness (QED) is 0.307. The lowest BCUT2D eigenvalue weighted by atomic mass is 10.1. The second-order valence-corrected chi connectivity index (χ2v) is 2.59. The molecule has 0 bridgehead atoms. The van der Waals surface area contributed by atoms with Gasteiger partial charge in [-0.15, -0.1) is 0 Å². The number of unbranched alkanes of at least 4 members (excludes halogenated alkanes) is 1. The van der Waals surface area contributed by atoms with Crippen LogP contribution in [0.3, 0.4) is 0 Å². The number of primary amides is 1. The van der Waals surface area contributed by atoms with Crippen LogP contribution in [0, 0.1) is 0 Å². The topological polar surface area (TPSA) is 99.8 Å². The van der Waals surface area contributed by atoms with Crippen molar-refractivity contribution in [2.75, 3.05) is 6.54 Å². The first-order chi connectivity index (χ1) is 5.72. The van der Waals surface area contributed by atoms with Crippen molar-refractivity contribution in [1.29, 1.82) is 0 Å². The summed E-state index contributed by atoms with van der Waals surface area (Å²) in [6.45, 7) is 0.840. The van der Waals surface area contributed by atoms with Crippen LogP contribution in [0.4, 0.5) is 0 Å². The molecule has 0 aliphatic rings. The number of carbonyl (C=O) groups excluding carboxylic acids is 2. The second kappa shape index (κ2) is 6.60. The summed E-state index contributed by atoms with van der Waals surface area (Å²) in [6, 6.07) is -0.519. The molecule has 5 heteroatoms. The Labute approximate surface area is 71.5 Å². The zero-order valence-corrected chi connectivity index (χ0v) is 7.08. The van der Waals surface area contributed by atoms with Gasteiger partial charge in [-0.25, -0.2) is 0 Å². The lowest BCUT2D eigenvalue weighted by Gasteiger charge is -2.10. The molecule has 0 aliphatic heterocycles. The van der Waals surface area contributed by atoms with Crippen molar-refractivity contribution in [2.45, 2.75) is 25.3 Å². The summed E-state index contributed by atoms with van der Waals surface area (Å²) in [6.07, 6.45) is 2.91. The molecule has 12 heavy (non-hydrogen) atoms. The summed E-state index contributed by atoms with van der Waals surface area (Å²) < 4.78 is 0. The Morgan fingerprint density at radius 2 is 2.25 bits per heavy atom. The molecule has 1 unspecified atom stereocenters. The Kier molecular flexibility index (Phi) is 6.00. The predicted octanol–water partition coefficient (Wildman–Crippen LogP) is -2.00. The first-order valence-corrected chi connectivity index (χ1v) is 4.00. The van der Waals surface area contributed by atoms with Crippen LogP contribution in [0.1, 0.15) is 19.3 Å². The average molecular weight is 174 g/mol. The maximum Gasteiger partial charge on any atom is 0.239 e. The molecule has 0 rings (SSSR count). The number of amides is 2. The van der Waals surface area contributed by atoms with Crippen LogP contribution in [0.15, 0.2) is 0 Å². The van der Waals surface area contributed by atoms with E-state index < -0.39 is 11.9 Å². The van der Waals surface area contributed by atoms with Gasteiger partial charge >= 0.3 is 0 Å². The van der Waals surface area contributed by atoms with E-state index in [9.17, 15) is 9.59 Å². The number of quaternary nitrogens is 1. The highest BCUT2D eigenvalue weighted by molar-refractivity contribution is 5.81. The molecule has 0 saturated heterocycles. The highest BCUT2D eigenvalue weighted by atomic mass is 16.2. The van der Waals surface area contributed by atoms with Gasteiger partial charge in [-0.2, -0.15) is 0 Å². The van der Waals surface area contributed by atoms with Crippen molar-refractivity contribution in [3.05, 3.63) is 0 Å². The zero-order chi connectivity index (χ0) is 9.40. The van der Waals surface area contributed by atoms with Crippen molar-refractivity contribution >= 4 is 12.3 Å². The van der Waals surface area contributed by atoms with E-state index >= 15 is 0 Å². The summed E-state index contributed by atoms with van der Waals surface area (Å²) in [4.78, 5) is 20.7.